The first-order valence-electron chi connectivity index (χ1n) is 4.68. The van der Waals surface area contributed by atoms with Gasteiger partial charge in [0.25, 0.3) is 5.91 Å². The number of pyridine rings is 1. The number of nitrogens with one attached hydrogen (secondary N) is 1. The summed E-state index contributed by atoms with van der Waals surface area (Å²) in [5.41, 5.74) is 0.669. The smallest absolute Gasteiger partial charge is 0.255 e. The summed E-state index contributed by atoms with van der Waals surface area (Å²) in [6, 6.07) is 4.03. The van der Waals surface area contributed by atoms with E-state index in [2.05, 4.69) is 10.3 Å². The predicted molar refractivity (Wildman–Crippen MR) is 53.0 cm³/mol. The number of aromatic nitrogens is 1. The van der Waals surface area contributed by atoms with Gasteiger partial charge in [0.05, 0.1) is 5.56 Å². The Labute approximate surface area is 82.9 Å². The summed E-state index contributed by atoms with van der Waals surface area (Å²) in [6.07, 6.45) is 3.28. The molecule has 0 bridgehead atoms. The van der Waals surface area contributed by atoms with Crippen LogP contribution in [0, 0.1) is 0 Å². The van der Waals surface area contributed by atoms with Crippen LogP contribution in [-0.2, 0) is 0 Å². The molecule has 2 rings (SSSR count). The van der Waals surface area contributed by atoms with Crippen molar-refractivity contribution in [2.24, 2.45) is 0 Å². The number of carbonyl (C=O) groups is 1. The first-order valence-corrected chi connectivity index (χ1v) is 4.68. The molecule has 1 aromatic heterocycles. The molecule has 1 fully saturated rings. The van der Waals surface area contributed by atoms with Crippen LogP contribution in [-0.4, -0.2) is 42.0 Å². The lowest BCUT2D eigenvalue weighted by Gasteiger charge is -2.38. The summed E-state index contributed by atoms with van der Waals surface area (Å²) < 4.78 is 0. The van der Waals surface area contributed by atoms with Crippen LogP contribution in [0.25, 0.3) is 0 Å². The molecule has 0 radical (unpaired) electrons. The summed E-state index contributed by atoms with van der Waals surface area (Å²) in [6.45, 7) is 1.59. The van der Waals surface area contributed by atoms with Crippen molar-refractivity contribution < 1.29 is 4.79 Å². The van der Waals surface area contributed by atoms with E-state index in [9.17, 15) is 4.79 Å². The molecular weight excluding hydrogens is 178 g/mol. The van der Waals surface area contributed by atoms with E-state index in [4.69, 9.17) is 0 Å². The van der Waals surface area contributed by atoms with Crippen molar-refractivity contribution in [1.29, 1.82) is 0 Å². The largest absolute Gasteiger partial charge is 0.335 e. The Morgan fingerprint density at radius 2 is 2.43 bits per heavy atom. The highest BCUT2D eigenvalue weighted by Crippen LogP contribution is 2.11. The van der Waals surface area contributed by atoms with Gasteiger partial charge in [0, 0.05) is 31.5 Å². The van der Waals surface area contributed by atoms with E-state index < -0.39 is 0 Å². The normalized spacial score (nSPS) is 16.5. The lowest BCUT2D eigenvalue weighted by atomic mass is 10.1. The first-order chi connectivity index (χ1) is 6.81. The molecule has 0 aliphatic carbocycles. The zero-order chi connectivity index (χ0) is 9.97. The van der Waals surface area contributed by atoms with Gasteiger partial charge in [0.15, 0.2) is 0 Å². The Morgan fingerprint density at radius 1 is 1.64 bits per heavy atom. The van der Waals surface area contributed by atoms with E-state index in [0.717, 1.165) is 13.1 Å². The SMILES string of the molecule is CNC1CN(C(=O)c2cccnc2)C1. The summed E-state index contributed by atoms with van der Waals surface area (Å²) in [7, 11) is 1.91. The standard InChI is InChI=1S/C10H13N3O/c1-11-9-6-13(7-9)10(14)8-3-2-4-12-5-8/h2-5,9,11H,6-7H2,1H3. The van der Waals surface area contributed by atoms with Crippen molar-refractivity contribution in [3.05, 3.63) is 30.1 Å². The average molecular weight is 191 g/mol. The highest BCUT2D eigenvalue weighted by molar-refractivity contribution is 5.94. The fourth-order valence-electron chi connectivity index (χ4n) is 1.50. The molecule has 1 aliphatic heterocycles. The van der Waals surface area contributed by atoms with E-state index in [1.807, 2.05) is 11.9 Å². The van der Waals surface area contributed by atoms with Gasteiger partial charge in [-0.3, -0.25) is 9.78 Å². The summed E-state index contributed by atoms with van der Waals surface area (Å²) in [5, 5.41) is 3.13. The maximum absolute atomic E-state index is 11.7. The van der Waals surface area contributed by atoms with Crippen LogP contribution in [0.15, 0.2) is 24.5 Å². The molecular formula is C10H13N3O. The average Bonchev–Trinajstić information content (AvgIpc) is 2.17. The lowest BCUT2D eigenvalue weighted by molar-refractivity contribution is 0.0576. The second-order valence-electron chi connectivity index (χ2n) is 3.44. The third-order valence-electron chi connectivity index (χ3n) is 2.49. The minimum atomic E-state index is 0.0737. The number of hydrogen-bond donors (Lipinski definition) is 1. The minimum Gasteiger partial charge on any atom is -0.335 e. The van der Waals surface area contributed by atoms with Crippen LogP contribution in [0.2, 0.25) is 0 Å². The van der Waals surface area contributed by atoms with E-state index in [0.29, 0.717) is 11.6 Å². The van der Waals surface area contributed by atoms with E-state index in [1.54, 1.807) is 24.5 Å². The maximum Gasteiger partial charge on any atom is 0.255 e. The zero-order valence-corrected chi connectivity index (χ0v) is 8.10. The Hall–Kier alpha value is -1.42. The van der Waals surface area contributed by atoms with Gasteiger partial charge >= 0.3 is 0 Å². The molecule has 1 N–H and O–H groups in total. The topological polar surface area (TPSA) is 45.2 Å². The van der Waals surface area contributed by atoms with Gasteiger partial charge in [-0.05, 0) is 19.2 Å². The quantitative estimate of drug-likeness (QED) is 0.722. The Morgan fingerprint density at radius 3 is 3.00 bits per heavy atom. The molecule has 0 spiro atoms. The number of hydrogen-bond acceptors (Lipinski definition) is 3. The number of likely N-dealkylation sites (tertiary alicyclic amines) is 1. The Bertz CT molecular complexity index is 319. The molecule has 0 saturated carbocycles. The van der Waals surface area contributed by atoms with Gasteiger partial charge < -0.3 is 10.2 Å². The number of carbonyl (C=O) groups excluding carboxylic acids is 1. The van der Waals surface area contributed by atoms with Gasteiger partial charge in [-0.1, -0.05) is 0 Å². The highest BCUT2D eigenvalue weighted by atomic mass is 16.2. The number of amides is 1. The van der Waals surface area contributed by atoms with Crippen molar-refractivity contribution >= 4 is 5.91 Å². The van der Waals surface area contributed by atoms with Crippen molar-refractivity contribution in [3.8, 4) is 0 Å². The van der Waals surface area contributed by atoms with Gasteiger partial charge in [-0.25, -0.2) is 0 Å². The first kappa shape index (κ1) is 9.15. The fourth-order valence-corrected chi connectivity index (χ4v) is 1.50. The van der Waals surface area contributed by atoms with Gasteiger partial charge in [0.2, 0.25) is 0 Å². The van der Waals surface area contributed by atoms with Gasteiger partial charge in [-0.15, -0.1) is 0 Å². The molecule has 14 heavy (non-hydrogen) atoms. The fraction of sp³-hybridized carbons (Fsp3) is 0.400. The molecule has 0 unspecified atom stereocenters. The molecule has 4 heteroatoms. The van der Waals surface area contributed by atoms with Crippen molar-refractivity contribution in [1.82, 2.24) is 15.2 Å². The molecule has 1 saturated heterocycles. The molecule has 0 aromatic carbocycles. The third-order valence-corrected chi connectivity index (χ3v) is 2.49. The number of rotatable bonds is 2. The maximum atomic E-state index is 11.7. The molecule has 1 amide bonds. The van der Waals surface area contributed by atoms with E-state index >= 15 is 0 Å². The van der Waals surface area contributed by atoms with Gasteiger partial charge in [0.1, 0.15) is 0 Å². The number of likely N-dealkylation sites (N-methyl/N-ethyl adjacent to an activating group) is 1. The molecule has 2 heterocycles. The Balaban J connectivity index is 1.98. The zero-order valence-electron chi connectivity index (χ0n) is 8.10. The van der Waals surface area contributed by atoms with Crippen LogP contribution >= 0.6 is 0 Å². The van der Waals surface area contributed by atoms with Crippen molar-refractivity contribution in [3.63, 3.8) is 0 Å². The molecule has 0 atom stereocenters. The molecule has 4 nitrogen and oxygen atoms in total. The van der Waals surface area contributed by atoms with E-state index in [-0.39, 0.29) is 5.91 Å². The van der Waals surface area contributed by atoms with Crippen molar-refractivity contribution in [2.45, 2.75) is 6.04 Å². The van der Waals surface area contributed by atoms with Crippen LogP contribution < -0.4 is 5.32 Å². The van der Waals surface area contributed by atoms with Gasteiger partial charge in [-0.2, -0.15) is 0 Å². The second-order valence-corrected chi connectivity index (χ2v) is 3.44. The summed E-state index contributed by atoms with van der Waals surface area (Å²) in [4.78, 5) is 17.5. The molecule has 74 valence electrons. The monoisotopic (exact) mass is 191 g/mol. The second kappa shape index (κ2) is 3.75. The Kier molecular flexibility index (Phi) is 2.45. The van der Waals surface area contributed by atoms with E-state index in [1.165, 1.54) is 0 Å². The molecule has 1 aromatic rings. The third kappa shape index (κ3) is 1.61. The van der Waals surface area contributed by atoms with Crippen molar-refractivity contribution in [2.75, 3.05) is 20.1 Å². The lowest BCUT2D eigenvalue weighted by Crippen LogP contribution is -2.58. The van der Waals surface area contributed by atoms with Crippen LogP contribution in [0.5, 0.6) is 0 Å². The van der Waals surface area contributed by atoms with Crippen LogP contribution in [0.4, 0.5) is 0 Å². The van der Waals surface area contributed by atoms with Crippen LogP contribution in [0.3, 0.4) is 0 Å². The predicted octanol–water partition coefficient (Wildman–Crippen LogP) is 0.125. The van der Waals surface area contributed by atoms with Crippen LogP contribution in [0.1, 0.15) is 10.4 Å². The molecule has 1 aliphatic rings. The number of nitrogens with zero attached hydrogens (tertiary/aromatic N) is 2. The summed E-state index contributed by atoms with van der Waals surface area (Å²) >= 11 is 0. The minimum absolute atomic E-state index is 0.0737. The highest BCUT2D eigenvalue weighted by Gasteiger charge is 2.29. The summed E-state index contributed by atoms with van der Waals surface area (Å²) in [5.74, 6) is 0.0737.